The van der Waals surface area contributed by atoms with Crippen LogP contribution in [0.25, 0.3) is 0 Å². The number of hydrogen-bond acceptors (Lipinski definition) is 4. The molecule has 2 aromatic rings. The number of hydrogen-bond donors (Lipinski definition) is 1. The first-order chi connectivity index (χ1) is 9.75. The number of benzene rings is 1. The first-order valence-electron chi connectivity index (χ1n) is 6.82. The molecule has 0 radical (unpaired) electrons. The van der Waals surface area contributed by atoms with Gasteiger partial charge in [0.25, 0.3) is 0 Å². The fourth-order valence-corrected chi connectivity index (χ4v) is 2.67. The second-order valence-electron chi connectivity index (χ2n) is 5.21. The van der Waals surface area contributed by atoms with Crippen LogP contribution in [0.4, 0.5) is 0 Å². The first-order valence-corrected chi connectivity index (χ1v) is 6.82. The summed E-state index contributed by atoms with van der Waals surface area (Å²) in [6.45, 7) is 1.46. The molecule has 0 saturated heterocycles. The van der Waals surface area contributed by atoms with E-state index in [4.69, 9.17) is 10.5 Å². The molecule has 0 aliphatic carbocycles. The molecule has 2 unspecified atom stereocenters. The molecule has 3 rings (SSSR count). The van der Waals surface area contributed by atoms with E-state index in [0.29, 0.717) is 6.61 Å². The Kier molecular flexibility index (Phi) is 3.67. The maximum atomic E-state index is 6.41. The van der Waals surface area contributed by atoms with Crippen molar-refractivity contribution in [3.05, 3.63) is 59.9 Å². The largest absolute Gasteiger partial charge is 0.492 e. The van der Waals surface area contributed by atoms with Gasteiger partial charge in [-0.05, 0) is 30.8 Å². The highest BCUT2D eigenvalue weighted by Gasteiger charge is 2.30. The molecule has 2 atom stereocenters. The van der Waals surface area contributed by atoms with Crippen LogP contribution in [-0.2, 0) is 6.54 Å². The summed E-state index contributed by atoms with van der Waals surface area (Å²) in [4.78, 5) is 6.29. The normalized spacial score (nSPS) is 21.4. The van der Waals surface area contributed by atoms with E-state index in [9.17, 15) is 0 Å². The molecule has 1 aromatic heterocycles. The Morgan fingerprint density at radius 2 is 2.00 bits per heavy atom. The summed E-state index contributed by atoms with van der Waals surface area (Å²) < 4.78 is 5.83. The lowest BCUT2D eigenvalue weighted by atomic mass is 9.96. The second-order valence-corrected chi connectivity index (χ2v) is 5.21. The van der Waals surface area contributed by atoms with Crippen LogP contribution in [0.1, 0.15) is 17.2 Å². The Bertz CT molecular complexity index is 573. The Labute approximate surface area is 119 Å². The molecule has 0 amide bonds. The van der Waals surface area contributed by atoms with E-state index in [1.165, 1.54) is 5.56 Å². The molecule has 0 bridgehead atoms. The summed E-state index contributed by atoms with van der Waals surface area (Å²) in [7, 11) is 2.09. The molecular weight excluding hydrogens is 250 g/mol. The molecule has 1 aromatic carbocycles. The quantitative estimate of drug-likeness (QED) is 0.925. The van der Waals surface area contributed by atoms with Gasteiger partial charge in [-0.15, -0.1) is 0 Å². The van der Waals surface area contributed by atoms with E-state index >= 15 is 0 Å². The van der Waals surface area contributed by atoms with Crippen molar-refractivity contribution in [2.75, 3.05) is 13.7 Å². The molecule has 1 aliphatic heterocycles. The van der Waals surface area contributed by atoms with Crippen LogP contribution in [0.5, 0.6) is 5.75 Å². The van der Waals surface area contributed by atoms with E-state index < -0.39 is 0 Å². The molecule has 2 heterocycles. The van der Waals surface area contributed by atoms with Crippen molar-refractivity contribution in [2.24, 2.45) is 5.73 Å². The van der Waals surface area contributed by atoms with Crippen LogP contribution in [0.3, 0.4) is 0 Å². The lowest BCUT2D eigenvalue weighted by Gasteiger charge is -2.37. The number of pyridine rings is 1. The van der Waals surface area contributed by atoms with Crippen molar-refractivity contribution >= 4 is 0 Å². The highest BCUT2D eigenvalue weighted by Crippen LogP contribution is 2.32. The van der Waals surface area contributed by atoms with Gasteiger partial charge in [-0.2, -0.15) is 0 Å². The molecule has 4 nitrogen and oxygen atoms in total. The standard InChI is InChI=1S/C16H19N3O/c1-19(10-12-6-8-18-9-7-12)14-11-20-15-5-3-2-4-13(15)16(14)17/h2-9,14,16H,10-11,17H2,1H3. The van der Waals surface area contributed by atoms with Gasteiger partial charge in [0.15, 0.2) is 0 Å². The van der Waals surface area contributed by atoms with Crippen molar-refractivity contribution in [3.8, 4) is 5.75 Å². The van der Waals surface area contributed by atoms with E-state index in [0.717, 1.165) is 17.9 Å². The van der Waals surface area contributed by atoms with Crippen molar-refractivity contribution < 1.29 is 4.74 Å². The van der Waals surface area contributed by atoms with E-state index in [-0.39, 0.29) is 12.1 Å². The van der Waals surface area contributed by atoms with Crippen molar-refractivity contribution in [2.45, 2.75) is 18.6 Å². The number of ether oxygens (including phenoxy) is 1. The van der Waals surface area contributed by atoms with Gasteiger partial charge in [-0.3, -0.25) is 9.88 Å². The second kappa shape index (κ2) is 5.61. The molecule has 104 valence electrons. The van der Waals surface area contributed by atoms with Crippen LogP contribution in [0, 0.1) is 0 Å². The minimum atomic E-state index is -0.0215. The Morgan fingerprint density at radius 1 is 1.25 bits per heavy atom. The average Bonchev–Trinajstić information content (AvgIpc) is 2.49. The monoisotopic (exact) mass is 269 g/mol. The number of nitrogens with zero attached hydrogens (tertiary/aromatic N) is 2. The fraction of sp³-hybridized carbons (Fsp3) is 0.312. The lowest BCUT2D eigenvalue weighted by molar-refractivity contribution is 0.114. The SMILES string of the molecule is CN(Cc1ccncc1)C1COc2ccccc2C1N. The minimum absolute atomic E-state index is 0.0215. The number of likely N-dealkylation sites (N-methyl/N-ethyl adjacent to an activating group) is 1. The van der Waals surface area contributed by atoms with Gasteiger partial charge in [0.05, 0.1) is 12.1 Å². The Balaban J connectivity index is 1.75. The third-order valence-electron chi connectivity index (χ3n) is 3.85. The van der Waals surface area contributed by atoms with Gasteiger partial charge in [0.1, 0.15) is 12.4 Å². The average molecular weight is 269 g/mol. The molecule has 0 saturated carbocycles. The smallest absolute Gasteiger partial charge is 0.124 e. The summed E-state index contributed by atoms with van der Waals surface area (Å²) >= 11 is 0. The van der Waals surface area contributed by atoms with Crippen LogP contribution in [-0.4, -0.2) is 29.6 Å². The number of fused-ring (bicyclic) bond motifs is 1. The summed E-state index contributed by atoms with van der Waals surface area (Å²) in [6.07, 6.45) is 3.63. The van der Waals surface area contributed by atoms with E-state index in [1.54, 1.807) is 0 Å². The van der Waals surface area contributed by atoms with Gasteiger partial charge < -0.3 is 10.5 Å². The molecule has 20 heavy (non-hydrogen) atoms. The first kappa shape index (κ1) is 13.1. The summed E-state index contributed by atoms with van der Waals surface area (Å²) in [5, 5.41) is 0. The van der Waals surface area contributed by atoms with Crippen molar-refractivity contribution in [1.82, 2.24) is 9.88 Å². The topological polar surface area (TPSA) is 51.4 Å². The number of para-hydroxylation sites is 1. The molecule has 4 heteroatoms. The molecular formula is C16H19N3O. The Morgan fingerprint density at radius 3 is 2.80 bits per heavy atom. The number of aromatic nitrogens is 1. The van der Waals surface area contributed by atoms with Crippen LogP contribution >= 0.6 is 0 Å². The fourth-order valence-electron chi connectivity index (χ4n) is 2.67. The van der Waals surface area contributed by atoms with Crippen molar-refractivity contribution in [3.63, 3.8) is 0 Å². The molecule has 2 N–H and O–H groups in total. The molecule has 1 aliphatic rings. The maximum absolute atomic E-state index is 6.41. The highest BCUT2D eigenvalue weighted by atomic mass is 16.5. The van der Waals surface area contributed by atoms with Crippen LogP contribution < -0.4 is 10.5 Å². The maximum Gasteiger partial charge on any atom is 0.124 e. The summed E-state index contributed by atoms with van der Waals surface area (Å²) in [5.41, 5.74) is 8.73. The molecule has 0 fully saturated rings. The van der Waals surface area contributed by atoms with Gasteiger partial charge >= 0.3 is 0 Å². The van der Waals surface area contributed by atoms with Gasteiger partial charge in [0.2, 0.25) is 0 Å². The van der Waals surface area contributed by atoms with Crippen LogP contribution in [0.15, 0.2) is 48.8 Å². The number of rotatable bonds is 3. The van der Waals surface area contributed by atoms with Gasteiger partial charge in [0, 0.05) is 24.5 Å². The zero-order chi connectivity index (χ0) is 13.9. The zero-order valence-corrected chi connectivity index (χ0v) is 11.6. The highest BCUT2D eigenvalue weighted by molar-refractivity contribution is 5.38. The number of nitrogens with two attached hydrogens (primary N) is 1. The predicted molar refractivity (Wildman–Crippen MR) is 78.4 cm³/mol. The minimum Gasteiger partial charge on any atom is -0.492 e. The third kappa shape index (κ3) is 2.53. The van der Waals surface area contributed by atoms with Gasteiger partial charge in [-0.25, -0.2) is 0 Å². The lowest BCUT2D eigenvalue weighted by Crippen LogP contribution is -2.46. The zero-order valence-electron chi connectivity index (χ0n) is 11.6. The van der Waals surface area contributed by atoms with Crippen LogP contribution in [0.2, 0.25) is 0 Å². The third-order valence-corrected chi connectivity index (χ3v) is 3.85. The van der Waals surface area contributed by atoms with E-state index in [1.807, 2.05) is 48.8 Å². The van der Waals surface area contributed by atoms with Crippen molar-refractivity contribution in [1.29, 1.82) is 0 Å². The van der Waals surface area contributed by atoms with Gasteiger partial charge in [-0.1, -0.05) is 18.2 Å². The predicted octanol–water partition coefficient (Wildman–Crippen LogP) is 1.97. The summed E-state index contributed by atoms with van der Waals surface area (Å²) in [6, 6.07) is 12.2. The summed E-state index contributed by atoms with van der Waals surface area (Å²) in [5.74, 6) is 0.911. The molecule has 0 spiro atoms. The van der Waals surface area contributed by atoms with E-state index in [2.05, 4.69) is 16.9 Å². The Hall–Kier alpha value is -1.91.